The summed E-state index contributed by atoms with van der Waals surface area (Å²) in [5.74, 6) is 0.110. The number of likely N-dealkylation sites (tertiary alicyclic amines) is 1. The molecule has 0 saturated carbocycles. The molecule has 1 aliphatic rings. The maximum absolute atomic E-state index is 12.3. The normalized spacial score (nSPS) is 13.9. The second-order valence-electron chi connectivity index (χ2n) is 6.16. The van der Waals surface area contributed by atoms with E-state index in [9.17, 15) is 9.59 Å². The van der Waals surface area contributed by atoms with E-state index in [-0.39, 0.29) is 17.6 Å². The Kier molecular flexibility index (Phi) is 5.30. The van der Waals surface area contributed by atoms with Crippen LogP contribution in [0.4, 0.5) is 5.69 Å². The second kappa shape index (κ2) is 8.01. The molecule has 1 N–H and O–H groups in total. The van der Waals surface area contributed by atoms with Crippen molar-refractivity contribution in [3.63, 3.8) is 0 Å². The first kappa shape index (κ1) is 17.9. The van der Waals surface area contributed by atoms with Crippen LogP contribution in [0.3, 0.4) is 0 Å². The summed E-state index contributed by atoms with van der Waals surface area (Å²) in [5, 5.41) is 3.57. The van der Waals surface area contributed by atoms with Crippen LogP contribution in [0.15, 0.2) is 41.6 Å². The minimum Gasteiger partial charge on any atom is -0.339 e. The Morgan fingerprint density at radius 3 is 2.78 bits per heavy atom. The van der Waals surface area contributed by atoms with Crippen LogP contribution < -0.4 is 5.32 Å². The van der Waals surface area contributed by atoms with Gasteiger partial charge in [0.15, 0.2) is 0 Å². The van der Waals surface area contributed by atoms with E-state index in [1.165, 1.54) is 11.8 Å². The summed E-state index contributed by atoms with van der Waals surface area (Å²) >= 11 is 2.45. The molecule has 2 aromatic heterocycles. The molecule has 3 heterocycles. The van der Waals surface area contributed by atoms with E-state index in [4.69, 9.17) is 0 Å². The monoisotopic (exact) mass is 399 g/mol. The molecule has 138 valence electrons. The van der Waals surface area contributed by atoms with Gasteiger partial charge in [-0.2, -0.15) is 8.75 Å². The van der Waals surface area contributed by atoms with E-state index in [1.54, 1.807) is 18.3 Å². The fourth-order valence-electron chi connectivity index (χ4n) is 2.93. The zero-order chi connectivity index (χ0) is 18.6. The lowest BCUT2D eigenvalue weighted by Gasteiger charge is -2.14. The lowest BCUT2D eigenvalue weighted by atomic mass is 10.2. The van der Waals surface area contributed by atoms with Crippen molar-refractivity contribution < 1.29 is 9.59 Å². The number of carbonyl (C=O) groups is 2. The highest BCUT2D eigenvalue weighted by molar-refractivity contribution is 7.99. The van der Waals surface area contributed by atoms with Crippen molar-refractivity contribution in [2.75, 3.05) is 24.2 Å². The van der Waals surface area contributed by atoms with Gasteiger partial charge < -0.3 is 10.2 Å². The van der Waals surface area contributed by atoms with E-state index in [1.807, 2.05) is 23.1 Å². The minimum atomic E-state index is -0.139. The van der Waals surface area contributed by atoms with Gasteiger partial charge in [0.05, 0.1) is 33.8 Å². The molecule has 1 aromatic carbocycles. The summed E-state index contributed by atoms with van der Waals surface area (Å²) in [6, 6.07) is 9.06. The number of aromatic nitrogens is 3. The van der Waals surface area contributed by atoms with Crippen LogP contribution in [0.2, 0.25) is 0 Å². The van der Waals surface area contributed by atoms with Crippen LogP contribution in [-0.2, 0) is 4.79 Å². The number of carbonyl (C=O) groups excluding carboxylic acids is 2. The first-order chi connectivity index (χ1) is 13.2. The Labute approximate surface area is 164 Å². The van der Waals surface area contributed by atoms with Crippen LogP contribution in [0.1, 0.15) is 23.2 Å². The van der Waals surface area contributed by atoms with Gasteiger partial charge in [-0.15, -0.1) is 0 Å². The molecule has 7 nitrogen and oxygen atoms in total. The highest BCUT2D eigenvalue weighted by Crippen LogP contribution is 2.22. The number of nitrogens with zero attached hydrogens (tertiary/aromatic N) is 4. The smallest absolute Gasteiger partial charge is 0.255 e. The molecule has 0 bridgehead atoms. The number of anilines is 1. The molecule has 0 atom stereocenters. The fourth-order valence-corrected chi connectivity index (χ4v) is 4.12. The Hall–Kier alpha value is -2.52. The summed E-state index contributed by atoms with van der Waals surface area (Å²) in [7, 11) is 0. The molecule has 1 saturated heterocycles. The van der Waals surface area contributed by atoms with Crippen molar-refractivity contribution >= 4 is 52.0 Å². The molecule has 27 heavy (non-hydrogen) atoms. The lowest BCUT2D eigenvalue weighted by molar-refractivity contribution is -0.113. The highest BCUT2D eigenvalue weighted by Gasteiger charge is 2.19. The molecule has 4 rings (SSSR count). The molecule has 3 aromatic rings. The lowest BCUT2D eigenvalue weighted by Crippen LogP contribution is -2.27. The van der Waals surface area contributed by atoms with E-state index >= 15 is 0 Å². The van der Waals surface area contributed by atoms with Gasteiger partial charge in [-0.25, -0.2) is 4.98 Å². The van der Waals surface area contributed by atoms with Crippen molar-refractivity contribution in [2.24, 2.45) is 0 Å². The summed E-state index contributed by atoms with van der Waals surface area (Å²) in [6.07, 6.45) is 3.71. The Morgan fingerprint density at radius 2 is 2.00 bits per heavy atom. The minimum absolute atomic E-state index is 0.0271. The maximum atomic E-state index is 12.3. The number of thioether (sulfide) groups is 1. The molecular formula is C18H17N5O2S2. The fraction of sp³-hybridized carbons (Fsp3) is 0.278. The zero-order valence-electron chi connectivity index (χ0n) is 14.4. The van der Waals surface area contributed by atoms with Gasteiger partial charge in [0.1, 0.15) is 11.0 Å². The zero-order valence-corrected chi connectivity index (χ0v) is 16.1. The molecule has 0 spiro atoms. The third-order valence-electron chi connectivity index (χ3n) is 4.29. The molecule has 1 fully saturated rings. The quantitative estimate of drug-likeness (QED) is 0.664. The SMILES string of the molecule is O=C(CSc1ccc(C(=O)N2CCCC2)cn1)Nc1cccc2nsnc12. The Balaban J connectivity index is 1.33. The van der Waals surface area contributed by atoms with Crippen LogP contribution in [0.5, 0.6) is 0 Å². The number of hydrogen-bond donors (Lipinski definition) is 1. The number of pyridine rings is 1. The number of hydrogen-bond acceptors (Lipinski definition) is 7. The summed E-state index contributed by atoms with van der Waals surface area (Å²) in [6.45, 7) is 1.63. The molecule has 0 aliphatic carbocycles. The molecule has 2 amide bonds. The predicted octanol–water partition coefficient (Wildman–Crippen LogP) is 3.05. The number of nitrogens with one attached hydrogen (secondary N) is 1. The third kappa shape index (κ3) is 4.09. The van der Waals surface area contributed by atoms with Crippen molar-refractivity contribution in [1.82, 2.24) is 18.6 Å². The topological polar surface area (TPSA) is 88.1 Å². The molecule has 1 aliphatic heterocycles. The van der Waals surface area contributed by atoms with Gasteiger partial charge in [0, 0.05) is 19.3 Å². The van der Waals surface area contributed by atoms with E-state index in [0.29, 0.717) is 21.8 Å². The van der Waals surface area contributed by atoms with Crippen LogP contribution >= 0.6 is 23.5 Å². The van der Waals surface area contributed by atoms with E-state index in [0.717, 1.165) is 43.2 Å². The number of benzene rings is 1. The first-order valence-electron chi connectivity index (χ1n) is 8.60. The van der Waals surface area contributed by atoms with Gasteiger partial charge in [0.25, 0.3) is 5.91 Å². The van der Waals surface area contributed by atoms with Crippen LogP contribution in [-0.4, -0.2) is 49.3 Å². The number of rotatable bonds is 5. The van der Waals surface area contributed by atoms with Gasteiger partial charge >= 0.3 is 0 Å². The first-order valence-corrected chi connectivity index (χ1v) is 10.3. The van der Waals surface area contributed by atoms with Crippen molar-refractivity contribution in [2.45, 2.75) is 17.9 Å². The summed E-state index contributed by atoms with van der Waals surface area (Å²) in [4.78, 5) is 30.7. The highest BCUT2D eigenvalue weighted by atomic mass is 32.2. The van der Waals surface area contributed by atoms with Gasteiger partial charge in [-0.1, -0.05) is 17.8 Å². The van der Waals surface area contributed by atoms with Crippen molar-refractivity contribution in [3.05, 3.63) is 42.1 Å². The summed E-state index contributed by atoms with van der Waals surface area (Å²) < 4.78 is 8.37. The summed E-state index contributed by atoms with van der Waals surface area (Å²) in [5.41, 5.74) is 2.72. The third-order valence-corrected chi connectivity index (χ3v) is 5.77. The predicted molar refractivity (Wildman–Crippen MR) is 106 cm³/mol. The molecule has 0 unspecified atom stereocenters. The average Bonchev–Trinajstić information content (AvgIpc) is 3.38. The molecule has 0 radical (unpaired) electrons. The maximum Gasteiger partial charge on any atom is 0.255 e. The molecule has 9 heteroatoms. The number of fused-ring (bicyclic) bond motifs is 1. The Bertz CT molecular complexity index is 967. The second-order valence-corrected chi connectivity index (χ2v) is 7.68. The average molecular weight is 400 g/mol. The van der Waals surface area contributed by atoms with Crippen LogP contribution in [0, 0.1) is 0 Å². The molecular weight excluding hydrogens is 382 g/mol. The standard InChI is InChI=1S/C18H17N5O2S2/c24-15(20-13-4-3-5-14-17(13)22-27-21-14)11-26-16-7-6-12(10-19-16)18(25)23-8-1-2-9-23/h3-7,10H,1-2,8-9,11H2,(H,20,24). The van der Waals surface area contributed by atoms with Crippen LogP contribution in [0.25, 0.3) is 11.0 Å². The largest absolute Gasteiger partial charge is 0.339 e. The van der Waals surface area contributed by atoms with Gasteiger partial charge in [0.2, 0.25) is 5.91 Å². The van der Waals surface area contributed by atoms with Gasteiger partial charge in [-0.05, 0) is 37.1 Å². The van der Waals surface area contributed by atoms with E-state index < -0.39 is 0 Å². The van der Waals surface area contributed by atoms with Crippen molar-refractivity contribution in [3.8, 4) is 0 Å². The van der Waals surface area contributed by atoms with Crippen molar-refractivity contribution in [1.29, 1.82) is 0 Å². The van der Waals surface area contributed by atoms with E-state index in [2.05, 4.69) is 19.0 Å². The Morgan fingerprint density at radius 1 is 1.15 bits per heavy atom. The number of amides is 2. The van der Waals surface area contributed by atoms with Gasteiger partial charge in [-0.3, -0.25) is 9.59 Å².